The number of rotatable bonds is 3. The van der Waals surface area contributed by atoms with Crippen molar-refractivity contribution in [1.82, 2.24) is 0 Å². The maximum absolute atomic E-state index is 13.1. The number of carbonyl (C=O) groups excluding carboxylic acids is 3. The van der Waals surface area contributed by atoms with E-state index in [-0.39, 0.29) is 5.56 Å². The van der Waals surface area contributed by atoms with Crippen LogP contribution in [0.3, 0.4) is 0 Å². The van der Waals surface area contributed by atoms with Crippen LogP contribution >= 0.6 is 0 Å². The predicted molar refractivity (Wildman–Crippen MR) is 64.8 cm³/mol. The molecular formula is C14H12F2O5. The van der Waals surface area contributed by atoms with Crippen molar-refractivity contribution in [2.24, 2.45) is 5.92 Å². The van der Waals surface area contributed by atoms with Gasteiger partial charge in [-0.2, -0.15) is 0 Å². The van der Waals surface area contributed by atoms with E-state index in [1.807, 2.05) is 0 Å². The van der Waals surface area contributed by atoms with Crippen molar-refractivity contribution in [3.63, 3.8) is 0 Å². The number of Topliss-reactive ketones (excluding diaryl/α,β-unsaturated/α-hetero) is 1. The fourth-order valence-corrected chi connectivity index (χ4v) is 1.94. The first-order valence-corrected chi connectivity index (χ1v) is 6.12. The molecule has 0 spiro atoms. The van der Waals surface area contributed by atoms with Gasteiger partial charge in [0.05, 0.1) is 0 Å². The number of ether oxygens (including phenoxy) is 2. The molecular weight excluding hydrogens is 286 g/mol. The molecule has 0 unspecified atom stereocenters. The van der Waals surface area contributed by atoms with Crippen LogP contribution in [0.2, 0.25) is 0 Å². The Labute approximate surface area is 118 Å². The van der Waals surface area contributed by atoms with E-state index < -0.39 is 47.5 Å². The van der Waals surface area contributed by atoms with Crippen LogP contribution in [-0.2, 0) is 30.3 Å². The number of cyclic esters (lactones) is 2. The van der Waals surface area contributed by atoms with Gasteiger partial charge < -0.3 is 9.47 Å². The Morgan fingerprint density at radius 3 is 2.24 bits per heavy atom. The van der Waals surface area contributed by atoms with Gasteiger partial charge in [0, 0.05) is 20.3 Å². The van der Waals surface area contributed by atoms with E-state index in [1.54, 1.807) is 0 Å². The van der Waals surface area contributed by atoms with E-state index in [2.05, 4.69) is 0 Å². The van der Waals surface area contributed by atoms with Crippen molar-refractivity contribution in [2.75, 3.05) is 0 Å². The minimum Gasteiger partial charge on any atom is -0.422 e. The number of hydrogen-bond donors (Lipinski definition) is 0. The molecule has 0 saturated carbocycles. The van der Waals surface area contributed by atoms with Gasteiger partial charge in [-0.15, -0.1) is 0 Å². The number of benzene rings is 1. The van der Waals surface area contributed by atoms with Gasteiger partial charge in [0.15, 0.2) is 17.4 Å². The van der Waals surface area contributed by atoms with Crippen molar-refractivity contribution in [3.05, 3.63) is 35.4 Å². The zero-order chi connectivity index (χ0) is 15.8. The summed E-state index contributed by atoms with van der Waals surface area (Å²) >= 11 is 0. The van der Waals surface area contributed by atoms with E-state index in [4.69, 9.17) is 9.47 Å². The van der Waals surface area contributed by atoms with Crippen LogP contribution in [0.1, 0.15) is 19.4 Å². The molecule has 1 fully saturated rings. The molecule has 0 radical (unpaired) electrons. The van der Waals surface area contributed by atoms with Crippen LogP contribution in [0.5, 0.6) is 0 Å². The number of carbonyl (C=O) groups is 3. The topological polar surface area (TPSA) is 69.7 Å². The molecule has 0 N–H and O–H groups in total. The Balaban J connectivity index is 2.14. The molecule has 1 aromatic carbocycles. The minimum absolute atomic E-state index is 0.143. The van der Waals surface area contributed by atoms with Crippen LogP contribution in [0.25, 0.3) is 0 Å². The van der Waals surface area contributed by atoms with Gasteiger partial charge in [-0.05, 0) is 17.7 Å². The van der Waals surface area contributed by atoms with Crippen molar-refractivity contribution in [1.29, 1.82) is 0 Å². The Hall–Kier alpha value is -2.31. The Morgan fingerprint density at radius 1 is 1.14 bits per heavy atom. The lowest BCUT2D eigenvalue weighted by molar-refractivity contribution is -0.238. The molecule has 0 aliphatic carbocycles. The molecule has 0 aromatic heterocycles. The fraction of sp³-hybridized carbons (Fsp3) is 0.357. The van der Waals surface area contributed by atoms with Gasteiger partial charge in [-0.1, -0.05) is 6.07 Å². The monoisotopic (exact) mass is 298 g/mol. The lowest BCUT2D eigenvalue weighted by atomic mass is 9.97. The Bertz CT molecular complexity index is 604. The highest BCUT2D eigenvalue weighted by Crippen LogP contribution is 2.24. The smallest absolute Gasteiger partial charge is 0.331 e. The van der Waals surface area contributed by atoms with Crippen molar-refractivity contribution in [3.8, 4) is 0 Å². The molecule has 0 atom stereocenters. The van der Waals surface area contributed by atoms with E-state index in [0.29, 0.717) is 0 Å². The highest BCUT2D eigenvalue weighted by molar-refractivity contribution is 6.16. The summed E-state index contributed by atoms with van der Waals surface area (Å²) in [6.07, 6.45) is -0.410. The summed E-state index contributed by atoms with van der Waals surface area (Å²) in [6, 6.07) is 2.88. The first-order chi connectivity index (χ1) is 9.69. The molecule has 0 bridgehead atoms. The third kappa shape index (κ3) is 3.24. The predicted octanol–water partition coefficient (Wildman–Crippen LogP) is 1.53. The van der Waals surface area contributed by atoms with Gasteiger partial charge in [-0.3, -0.25) is 14.4 Å². The molecule has 7 heteroatoms. The normalized spacial score (nSPS) is 18.1. The van der Waals surface area contributed by atoms with Gasteiger partial charge in [-0.25, -0.2) is 8.78 Å². The Morgan fingerprint density at radius 2 is 1.71 bits per heavy atom. The molecule has 0 amide bonds. The SMILES string of the molecule is CC1(C)OC(=O)C(C(=O)Cc2ccc(F)c(F)c2)C(=O)O1. The average molecular weight is 298 g/mol. The van der Waals surface area contributed by atoms with Crippen LogP contribution in [0.4, 0.5) is 8.78 Å². The largest absolute Gasteiger partial charge is 0.422 e. The first kappa shape index (κ1) is 15.1. The summed E-state index contributed by atoms with van der Waals surface area (Å²) in [5, 5.41) is 0. The van der Waals surface area contributed by atoms with Crippen molar-refractivity contribution >= 4 is 17.7 Å². The number of esters is 2. The van der Waals surface area contributed by atoms with E-state index >= 15 is 0 Å². The summed E-state index contributed by atoms with van der Waals surface area (Å²) in [5.74, 6) is -8.11. The number of ketones is 1. The number of hydrogen-bond acceptors (Lipinski definition) is 5. The maximum atomic E-state index is 13.1. The third-order valence-electron chi connectivity index (χ3n) is 2.85. The minimum atomic E-state index is -1.70. The fourth-order valence-electron chi connectivity index (χ4n) is 1.94. The first-order valence-electron chi connectivity index (χ1n) is 6.12. The second kappa shape index (κ2) is 5.23. The lowest BCUT2D eigenvalue weighted by Crippen LogP contribution is -2.49. The molecule has 5 nitrogen and oxygen atoms in total. The molecule has 1 saturated heterocycles. The Kier molecular flexibility index (Phi) is 3.76. The summed E-state index contributed by atoms with van der Waals surface area (Å²) in [6.45, 7) is 2.72. The zero-order valence-electron chi connectivity index (χ0n) is 11.3. The van der Waals surface area contributed by atoms with Crippen molar-refractivity contribution in [2.45, 2.75) is 26.1 Å². The highest BCUT2D eigenvalue weighted by Gasteiger charge is 2.46. The molecule has 112 valence electrons. The van der Waals surface area contributed by atoms with Gasteiger partial charge in [0.1, 0.15) is 0 Å². The lowest BCUT2D eigenvalue weighted by Gasteiger charge is -2.32. The second-order valence-electron chi connectivity index (χ2n) is 5.07. The van der Waals surface area contributed by atoms with E-state index in [9.17, 15) is 23.2 Å². The van der Waals surface area contributed by atoms with Crippen LogP contribution in [0.15, 0.2) is 18.2 Å². The van der Waals surface area contributed by atoms with Crippen LogP contribution < -0.4 is 0 Å². The zero-order valence-corrected chi connectivity index (χ0v) is 11.3. The van der Waals surface area contributed by atoms with E-state index in [1.165, 1.54) is 19.9 Å². The maximum Gasteiger partial charge on any atom is 0.331 e. The van der Waals surface area contributed by atoms with Gasteiger partial charge in [0.25, 0.3) is 5.79 Å². The highest BCUT2D eigenvalue weighted by atomic mass is 19.2. The van der Waals surface area contributed by atoms with E-state index in [0.717, 1.165) is 12.1 Å². The molecule has 2 rings (SSSR count). The molecule has 1 aliphatic heterocycles. The van der Waals surface area contributed by atoms with Crippen LogP contribution in [-0.4, -0.2) is 23.5 Å². The molecule has 1 aromatic rings. The van der Waals surface area contributed by atoms with Gasteiger partial charge in [0.2, 0.25) is 5.92 Å². The molecule has 1 heterocycles. The summed E-state index contributed by atoms with van der Waals surface area (Å²) in [4.78, 5) is 35.4. The second-order valence-corrected chi connectivity index (χ2v) is 5.07. The molecule has 1 aliphatic rings. The standard InChI is InChI=1S/C14H12F2O5/c1-14(2)20-12(18)11(13(19)21-14)10(17)6-7-3-4-8(15)9(16)5-7/h3-5,11H,6H2,1-2H3. The number of halogens is 2. The van der Waals surface area contributed by atoms with Crippen LogP contribution in [0, 0.1) is 17.6 Å². The average Bonchev–Trinajstić information content (AvgIpc) is 2.31. The summed E-state index contributed by atoms with van der Waals surface area (Å²) in [5.41, 5.74) is 0.143. The van der Waals surface area contributed by atoms with Crippen molar-refractivity contribution < 1.29 is 32.6 Å². The van der Waals surface area contributed by atoms with Gasteiger partial charge >= 0.3 is 11.9 Å². The summed E-state index contributed by atoms with van der Waals surface area (Å²) < 4.78 is 35.5. The molecule has 21 heavy (non-hydrogen) atoms. The summed E-state index contributed by atoms with van der Waals surface area (Å²) in [7, 11) is 0. The third-order valence-corrected chi connectivity index (χ3v) is 2.85. The quantitative estimate of drug-likeness (QED) is 0.625.